The SMILES string of the molecule is c1ccc2c(c1)CCN(Cc1cccn1CCN1CCOCC1)C2. The average Bonchev–Trinajstić information content (AvgIpc) is 3.08. The topological polar surface area (TPSA) is 20.6 Å². The van der Waals surface area contributed by atoms with E-state index >= 15 is 0 Å². The van der Waals surface area contributed by atoms with Gasteiger partial charge in [0, 0.05) is 57.7 Å². The van der Waals surface area contributed by atoms with Crippen LogP contribution in [0.25, 0.3) is 0 Å². The Morgan fingerprint density at radius 1 is 0.833 bits per heavy atom. The minimum atomic E-state index is 0.881. The third kappa shape index (κ3) is 3.72. The van der Waals surface area contributed by atoms with Crippen molar-refractivity contribution < 1.29 is 4.74 Å². The summed E-state index contributed by atoms with van der Waals surface area (Å²) in [5.74, 6) is 0. The molecule has 0 spiro atoms. The van der Waals surface area contributed by atoms with E-state index in [0.29, 0.717) is 0 Å². The number of hydrogen-bond donors (Lipinski definition) is 0. The fourth-order valence-electron chi connectivity index (χ4n) is 3.80. The van der Waals surface area contributed by atoms with Gasteiger partial charge < -0.3 is 9.30 Å². The Hall–Kier alpha value is -1.62. The molecule has 2 aliphatic heterocycles. The van der Waals surface area contributed by atoms with E-state index < -0.39 is 0 Å². The molecule has 0 aliphatic carbocycles. The van der Waals surface area contributed by atoms with Crippen LogP contribution in [0.4, 0.5) is 0 Å². The number of hydrogen-bond acceptors (Lipinski definition) is 3. The number of benzene rings is 1. The molecule has 24 heavy (non-hydrogen) atoms. The second-order valence-electron chi connectivity index (χ2n) is 6.88. The van der Waals surface area contributed by atoms with E-state index in [1.54, 1.807) is 0 Å². The second kappa shape index (κ2) is 7.51. The molecule has 1 aromatic carbocycles. The highest BCUT2D eigenvalue weighted by Gasteiger charge is 2.17. The van der Waals surface area contributed by atoms with E-state index in [4.69, 9.17) is 4.74 Å². The van der Waals surface area contributed by atoms with Gasteiger partial charge in [-0.15, -0.1) is 0 Å². The lowest BCUT2D eigenvalue weighted by Crippen LogP contribution is -2.38. The average molecular weight is 325 g/mol. The zero-order valence-corrected chi connectivity index (χ0v) is 14.4. The summed E-state index contributed by atoms with van der Waals surface area (Å²) >= 11 is 0. The van der Waals surface area contributed by atoms with Crippen molar-refractivity contribution in [1.82, 2.24) is 14.4 Å². The summed E-state index contributed by atoms with van der Waals surface area (Å²) < 4.78 is 7.86. The van der Waals surface area contributed by atoms with Crippen molar-refractivity contribution in [2.75, 3.05) is 39.4 Å². The molecule has 2 aliphatic rings. The minimum Gasteiger partial charge on any atom is -0.379 e. The second-order valence-corrected chi connectivity index (χ2v) is 6.88. The van der Waals surface area contributed by atoms with E-state index in [0.717, 1.165) is 59.0 Å². The van der Waals surface area contributed by atoms with Crippen LogP contribution in [-0.4, -0.2) is 53.8 Å². The fraction of sp³-hybridized carbons (Fsp3) is 0.500. The minimum absolute atomic E-state index is 0.881. The summed E-state index contributed by atoms with van der Waals surface area (Å²) in [5, 5.41) is 0. The van der Waals surface area contributed by atoms with E-state index in [-0.39, 0.29) is 0 Å². The first-order chi connectivity index (χ1) is 11.9. The fourth-order valence-corrected chi connectivity index (χ4v) is 3.80. The maximum Gasteiger partial charge on any atom is 0.0594 e. The molecule has 4 rings (SSSR count). The number of nitrogens with zero attached hydrogens (tertiary/aromatic N) is 3. The molecular formula is C20H27N3O. The molecule has 0 N–H and O–H groups in total. The molecule has 0 atom stereocenters. The molecule has 0 bridgehead atoms. The van der Waals surface area contributed by atoms with Crippen molar-refractivity contribution in [2.24, 2.45) is 0 Å². The van der Waals surface area contributed by atoms with Crippen LogP contribution in [0.15, 0.2) is 42.6 Å². The summed E-state index contributed by atoms with van der Waals surface area (Å²) in [5.41, 5.74) is 4.45. The van der Waals surface area contributed by atoms with E-state index in [1.165, 1.54) is 23.2 Å². The normalized spacial score (nSPS) is 19.3. The highest BCUT2D eigenvalue weighted by molar-refractivity contribution is 5.29. The van der Waals surface area contributed by atoms with Crippen LogP contribution < -0.4 is 0 Å². The number of fused-ring (bicyclic) bond motifs is 1. The van der Waals surface area contributed by atoms with Gasteiger partial charge >= 0.3 is 0 Å². The monoisotopic (exact) mass is 325 g/mol. The van der Waals surface area contributed by atoms with Crippen molar-refractivity contribution in [3.05, 3.63) is 59.4 Å². The first kappa shape index (κ1) is 15.9. The number of aromatic nitrogens is 1. The van der Waals surface area contributed by atoms with Crippen molar-refractivity contribution in [3.8, 4) is 0 Å². The molecule has 1 saturated heterocycles. The Morgan fingerprint density at radius 2 is 1.67 bits per heavy atom. The Labute approximate surface area is 144 Å². The standard InChI is InChI=1S/C20H27N3O/c1-2-5-19-16-22(9-7-18(19)4-1)17-20-6-3-8-23(20)11-10-21-12-14-24-15-13-21/h1-6,8H,7,9-17H2. The van der Waals surface area contributed by atoms with Crippen LogP contribution >= 0.6 is 0 Å². The van der Waals surface area contributed by atoms with Gasteiger partial charge in [-0.1, -0.05) is 24.3 Å². The van der Waals surface area contributed by atoms with Crippen LogP contribution in [-0.2, 0) is 30.8 Å². The lowest BCUT2D eigenvalue weighted by atomic mass is 10.00. The molecule has 1 fully saturated rings. The van der Waals surface area contributed by atoms with Crippen LogP contribution in [0.2, 0.25) is 0 Å². The summed E-state index contributed by atoms with van der Waals surface area (Å²) in [6, 6.07) is 13.3. The van der Waals surface area contributed by atoms with Gasteiger partial charge in [0.15, 0.2) is 0 Å². The first-order valence-corrected chi connectivity index (χ1v) is 9.12. The van der Waals surface area contributed by atoms with Crippen LogP contribution in [0.3, 0.4) is 0 Å². The van der Waals surface area contributed by atoms with Crippen molar-refractivity contribution in [1.29, 1.82) is 0 Å². The van der Waals surface area contributed by atoms with Gasteiger partial charge in [-0.2, -0.15) is 0 Å². The van der Waals surface area contributed by atoms with Crippen molar-refractivity contribution in [2.45, 2.75) is 26.1 Å². The quantitative estimate of drug-likeness (QED) is 0.842. The summed E-state index contributed by atoms with van der Waals surface area (Å²) in [4.78, 5) is 5.08. The molecule has 0 amide bonds. The van der Waals surface area contributed by atoms with Gasteiger partial charge in [-0.25, -0.2) is 0 Å². The van der Waals surface area contributed by atoms with Gasteiger partial charge in [-0.3, -0.25) is 9.80 Å². The molecular weight excluding hydrogens is 298 g/mol. The highest BCUT2D eigenvalue weighted by atomic mass is 16.5. The van der Waals surface area contributed by atoms with Crippen molar-refractivity contribution >= 4 is 0 Å². The van der Waals surface area contributed by atoms with Gasteiger partial charge in [0.05, 0.1) is 13.2 Å². The number of rotatable bonds is 5. The summed E-state index contributed by atoms with van der Waals surface area (Å²) in [6.07, 6.45) is 3.40. The molecule has 0 saturated carbocycles. The van der Waals surface area contributed by atoms with E-state index in [2.05, 4.69) is 57.0 Å². The Bertz CT molecular complexity index is 660. The highest BCUT2D eigenvalue weighted by Crippen LogP contribution is 2.20. The molecule has 4 heteroatoms. The molecule has 4 nitrogen and oxygen atoms in total. The maximum atomic E-state index is 5.43. The predicted octanol–water partition coefficient (Wildman–Crippen LogP) is 2.38. The summed E-state index contributed by atoms with van der Waals surface area (Å²) in [6.45, 7) is 9.37. The third-order valence-electron chi connectivity index (χ3n) is 5.28. The molecule has 2 aromatic rings. The van der Waals surface area contributed by atoms with Gasteiger partial charge in [0.2, 0.25) is 0 Å². The lowest BCUT2D eigenvalue weighted by molar-refractivity contribution is 0.0362. The molecule has 1 aromatic heterocycles. The zero-order chi connectivity index (χ0) is 16.2. The number of morpholine rings is 1. The Morgan fingerprint density at radius 3 is 2.54 bits per heavy atom. The maximum absolute atomic E-state index is 5.43. The van der Waals surface area contributed by atoms with Gasteiger partial charge in [0.25, 0.3) is 0 Å². The van der Waals surface area contributed by atoms with Crippen LogP contribution in [0.1, 0.15) is 16.8 Å². The van der Waals surface area contributed by atoms with Crippen LogP contribution in [0, 0.1) is 0 Å². The van der Waals surface area contributed by atoms with Gasteiger partial charge in [-0.05, 0) is 29.7 Å². The third-order valence-corrected chi connectivity index (χ3v) is 5.28. The summed E-state index contributed by atoms with van der Waals surface area (Å²) in [7, 11) is 0. The molecule has 0 radical (unpaired) electrons. The predicted molar refractivity (Wildman–Crippen MR) is 96.0 cm³/mol. The first-order valence-electron chi connectivity index (χ1n) is 9.12. The van der Waals surface area contributed by atoms with Crippen molar-refractivity contribution in [3.63, 3.8) is 0 Å². The Kier molecular flexibility index (Phi) is 4.97. The molecule has 3 heterocycles. The number of ether oxygens (including phenoxy) is 1. The van der Waals surface area contributed by atoms with E-state index in [9.17, 15) is 0 Å². The lowest BCUT2D eigenvalue weighted by Gasteiger charge is -2.30. The zero-order valence-electron chi connectivity index (χ0n) is 14.4. The molecule has 0 unspecified atom stereocenters. The van der Waals surface area contributed by atoms with E-state index in [1.807, 2.05) is 0 Å². The smallest absolute Gasteiger partial charge is 0.0594 e. The van der Waals surface area contributed by atoms with Gasteiger partial charge in [0.1, 0.15) is 0 Å². The molecule has 128 valence electrons. The largest absolute Gasteiger partial charge is 0.379 e. The Balaban J connectivity index is 1.35. The van der Waals surface area contributed by atoms with Crippen LogP contribution in [0.5, 0.6) is 0 Å².